The molecule has 0 radical (unpaired) electrons. The second-order valence-corrected chi connectivity index (χ2v) is 14.3. The van der Waals surface area contributed by atoms with E-state index in [1.165, 1.54) is 15.9 Å². The summed E-state index contributed by atoms with van der Waals surface area (Å²) in [7, 11) is -0.963. The van der Waals surface area contributed by atoms with Gasteiger partial charge in [-0.3, -0.25) is 14.6 Å². The van der Waals surface area contributed by atoms with Crippen molar-refractivity contribution in [3.05, 3.63) is 57.4 Å². The number of ether oxygens (including phenoxy) is 1. The second kappa shape index (κ2) is 9.37. The molecule has 0 aliphatic heterocycles. The summed E-state index contributed by atoms with van der Waals surface area (Å²) in [5.74, 6) is 0.988. The fourth-order valence-electron chi connectivity index (χ4n) is 4.23. The summed E-state index contributed by atoms with van der Waals surface area (Å²) in [6, 6.07) is 1.65. The third-order valence-corrected chi connectivity index (χ3v) is 9.90. The van der Waals surface area contributed by atoms with Crippen LogP contribution in [0.1, 0.15) is 41.0 Å². The van der Waals surface area contributed by atoms with E-state index in [0.717, 1.165) is 31.7 Å². The zero-order valence-electron chi connectivity index (χ0n) is 21.8. The number of nitrogens with zero attached hydrogens (tertiary/aromatic N) is 2. The van der Waals surface area contributed by atoms with Crippen LogP contribution in [0.25, 0.3) is 21.3 Å². The van der Waals surface area contributed by atoms with Crippen LogP contribution in [0.5, 0.6) is 11.5 Å². The van der Waals surface area contributed by atoms with Crippen molar-refractivity contribution in [2.45, 2.75) is 40.7 Å². The number of amides is 1. The van der Waals surface area contributed by atoms with Crippen molar-refractivity contribution >= 4 is 39.9 Å². The Labute approximate surface area is 214 Å². The normalized spacial score (nSPS) is 11.9. The van der Waals surface area contributed by atoms with Gasteiger partial charge in [0, 0.05) is 59.3 Å². The summed E-state index contributed by atoms with van der Waals surface area (Å²) < 4.78 is 22.0. The van der Waals surface area contributed by atoms with E-state index in [4.69, 9.17) is 4.74 Å². The number of H-pyrrole nitrogens is 1. The quantitative estimate of drug-likeness (QED) is 0.340. The number of hydrogen-bond acceptors (Lipinski definition) is 6. The fraction of sp³-hybridized carbons (Fsp3) is 0.346. The Bertz CT molecular complexity index is 1590. The second-order valence-electron chi connectivity index (χ2n) is 9.80. The fourth-order valence-corrected chi connectivity index (χ4v) is 7.29. The molecular weight excluding hydrogens is 495 g/mol. The molecule has 0 atom stereocenters. The number of aryl methyl sites for hydroxylation is 3. The van der Waals surface area contributed by atoms with Crippen molar-refractivity contribution in [3.8, 4) is 21.9 Å². The minimum absolute atomic E-state index is 0.0520. The molecule has 10 heteroatoms. The van der Waals surface area contributed by atoms with Gasteiger partial charge in [-0.2, -0.15) is 0 Å². The molecule has 4 aromatic rings. The molecule has 4 heterocycles. The number of hydrogen-bond donors (Lipinski definition) is 2. The third-order valence-electron chi connectivity index (χ3n) is 5.89. The van der Waals surface area contributed by atoms with Crippen molar-refractivity contribution < 1.29 is 14.1 Å². The van der Waals surface area contributed by atoms with Crippen molar-refractivity contribution in [2.75, 3.05) is 13.3 Å². The Hall–Kier alpha value is -3.16. The SMILES string of the molecule is Cc1cncc(C)c1Oc1c(-c2cn(C)c(=O)c3[nH]c(C(=O)NC(C)C)cc23)sc(P(C)(C)=O)c1C. The maximum Gasteiger partial charge on any atom is 0.274 e. The first-order valence-electron chi connectivity index (χ1n) is 11.6. The third kappa shape index (κ3) is 4.65. The molecule has 0 saturated heterocycles. The van der Waals surface area contributed by atoms with Crippen LogP contribution in [0.3, 0.4) is 0 Å². The number of carbonyl (C=O) groups is 1. The van der Waals surface area contributed by atoms with Gasteiger partial charge in [0.25, 0.3) is 11.5 Å². The highest BCUT2D eigenvalue weighted by molar-refractivity contribution is 7.76. The Kier molecular flexibility index (Phi) is 6.75. The van der Waals surface area contributed by atoms with Crippen LogP contribution in [-0.2, 0) is 11.6 Å². The Morgan fingerprint density at radius 2 is 1.81 bits per heavy atom. The molecule has 0 aliphatic rings. The molecule has 4 aromatic heterocycles. The van der Waals surface area contributed by atoms with Gasteiger partial charge in [-0.15, -0.1) is 11.3 Å². The Morgan fingerprint density at radius 3 is 2.39 bits per heavy atom. The molecular formula is C26H31N4O4PS. The van der Waals surface area contributed by atoms with Crippen LogP contribution in [0, 0.1) is 20.8 Å². The van der Waals surface area contributed by atoms with E-state index in [9.17, 15) is 14.2 Å². The van der Waals surface area contributed by atoms with Gasteiger partial charge in [-0.1, -0.05) is 0 Å². The summed E-state index contributed by atoms with van der Waals surface area (Å²) >= 11 is 1.40. The predicted octanol–water partition coefficient (Wildman–Crippen LogP) is 5.09. The van der Waals surface area contributed by atoms with Crippen molar-refractivity contribution in [2.24, 2.45) is 7.05 Å². The number of pyridine rings is 2. The zero-order chi connectivity index (χ0) is 26.5. The first-order chi connectivity index (χ1) is 16.8. The zero-order valence-corrected chi connectivity index (χ0v) is 23.5. The van der Waals surface area contributed by atoms with Gasteiger partial charge in [0.2, 0.25) is 0 Å². The van der Waals surface area contributed by atoms with E-state index in [1.54, 1.807) is 45.0 Å². The summed E-state index contributed by atoms with van der Waals surface area (Å²) in [6.07, 6.45) is 5.23. The van der Waals surface area contributed by atoms with Crippen LogP contribution in [0.15, 0.2) is 29.5 Å². The van der Waals surface area contributed by atoms with E-state index in [2.05, 4.69) is 15.3 Å². The Morgan fingerprint density at radius 1 is 1.17 bits per heavy atom. The number of fused-ring (bicyclic) bond motifs is 1. The molecule has 0 saturated carbocycles. The van der Waals surface area contributed by atoms with Crippen molar-refractivity contribution in [1.82, 2.24) is 19.9 Å². The van der Waals surface area contributed by atoms with Gasteiger partial charge in [-0.25, -0.2) is 0 Å². The summed E-state index contributed by atoms with van der Waals surface area (Å²) in [4.78, 5) is 33.7. The van der Waals surface area contributed by atoms with E-state index in [1.807, 2.05) is 34.6 Å². The minimum atomic E-state index is -2.63. The van der Waals surface area contributed by atoms with Crippen LogP contribution >= 0.6 is 18.5 Å². The smallest absolute Gasteiger partial charge is 0.274 e. The number of aromatic nitrogens is 3. The Balaban J connectivity index is 2.02. The monoisotopic (exact) mass is 526 g/mol. The molecule has 0 unspecified atom stereocenters. The molecule has 0 spiro atoms. The molecule has 0 fully saturated rings. The van der Waals surface area contributed by atoms with Gasteiger partial charge in [0.05, 0.1) is 9.50 Å². The van der Waals surface area contributed by atoms with Gasteiger partial charge in [0.1, 0.15) is 29.9 Å². The first-order valence-corrected chi connectivity index (χ1v) is 15.0. The molecule has 0 aliphatic carbocycles. The number of aromatic amines is 1. The lowest BCUT2D eigenvalue weighted by Gasteiger charge is -2.14. The van der Waals surface area contributed by atoms with Gasteiger partial charge in [-0.05, 0) is 54.0 Å². The molecule has 0 aromatic carbocycles. The van der Waals surface area contributed by atoms with Crippen LogP contribution in [0.4, 0.5) is 0 Å². The highest BCUT2D eigenvalue weighted by Crippen LogP contribution is 2.50. The number of thiophene rings is 1. The molecule has 0 bridgehead atoms. The average molecular weight is 527 g/mol. The van der Waals surface area contributed by atoms with E-state index >= 15 is 0 Å². The highest BCUT2D eigenvalue weighted by Gasteiger charge is 2.28. The van der Waals surface area contributed by atoms with Gasteiger partial charge < -0.3 is 24.2 Å². The standard InChI is InChI=1S/C26H31N4O4PS/c1-13(2)28-24(31)19-9-17-18(12-30(6)25(32)20(17)29-19)23-22(16(5)26(36-23)35(7,8)33)34-21-14(3)10-27-11-15(21)4/h9-13,29H,1-8H3,(H,28,31). The van der Waals surface area contributed by atoms with Gasteiger partial charge >= 0.3 is 0 Å². The van der Waals surface area contributed by atoms with E-state index in [-0.39, 0.29) is 17.5 Å². The first kappa shape index (κ1) is 25.9. The lowest BCUT2D eigenvalue weighted by atomic mass is 10.1. The molecule has 1 amide bonds. The molecule has 8 nitrogen and oxygen atoms in total. The molecule has 190 valence electrons. The highest BCUT2D eigenvalue weighted by atomic mass is 32.1. The predicted molar refractivity (Wildman–Crippen MR) is 147 cm³/mol. The topological polar surface area (TPSA) is 106 Å². The lowest BCUT2D eigenvalue weighted by molar-refractivity contribution is 0.0939. The van der Waals surface area contributed by atoms with Crippen LogP contribution in [-0.4, -0.2) is 39.8 Å². The lowest BCUT2D eigenvalue weighted by Crippen LogP contribution is -2.30. The maximum absolute atomic E-state index is 13.2. The summed E-state index contributed by atoms with van der Waals surface area (Å²) in [5, 5.41) is 3.47. The number of rotatable bonds is 6. The van der Waals surface area contributed by atoms with Crippen LogP contribution in [0.2, 0.25) is 0 Å². The van der Waals surface area contributed by atoms with E-state index in [0.29, 0.717) is 28.1 Å². The largest absolute Gasteiger partial charge is 0.455 e. The molecule has 36 heavy (non-hydrogen) atoms. The summed E-state index contributed by atoms with van der Waals surface area (Å²) in [6.45, 7) is 13.0. The molecule has 4 rings (SSSR count). The van der Waals surface area contributed by atoms with Crippen LogP contribution < -0.4 is 20.2 Å². The minimum Gasteiger partial charge on any atom is -0.455 e. The molecule has 2 N–H and O–H groups in total. The van der Waals surface area contributed by atoms with Gasteiger partial charge in [0.15, 0.2) is 0 Å². The van der Waals surface area contributed by atoms with Crippen molar-refractivity contribution in [3.63, 3.8) is 0 Å². The van der Waals surface area contributed by atoms with E-state index < -0.39 is 7.14 Å². The number of carbonyl (C=O) groups excluding carboxylic acids is 1. The summed E-state index contributed by atoms with van der Waals surface area (Å²) in [5.41, 5.74) is 3.67. The van der Waals surface area contributed by atoms with Crippen molar-refractivity contribution in [1.29, 1.82) is 0 Å². The average Bonchev–Trinajstić information content (AvgIpc) is 3.35. The number of nitrogens with one attached hydrogen (secondary N) is 2. The maximum atomic E-state index is 13.2.